The predicted octanol–water partition coefficient (Wildman–Crippen LogP) is 1.83. The second kappa shape index (κ2) is 5.63. The first-order chi connectivity index (χ1) is 7.95. The Hall–Kier alpha value is -1.62. The summed E-state index contributed by atoms with van der Waals surface area (Å²) in [6.45, 7) is 3.18. The van der Waals surface area contributed by atoms with Crippen molar-refractivity contribution in [3.05, 3.63) is 28.5 Å². The van der Waals surface area contributed by atoms with Gasteiger partial charge in [-0.3, -0.25) is 4.79 Å². The highest BCUT2D eigenvalue weighted by atomic mass is 32.1. The Morgan fingerprint density at radius 1 is 1.47 bits per heavy atom. The third-order valence-electron chi connectivity index (χ3n) is 2.10. The molecule has 0 unspecified atom stereocenters. The van der Waals surface area contributed by atoms with Gasteiger partial charge in [-0.2, -0.15) is 11.3 Å². The number of carbonyl (C=O) groups is 2. The summed E-state index contributed by atoms with van der Waals surface area (Å²) in [4.78, 5) is 22.9. The summed E-state index contributed by atoms with van der Waals surface area (Å²) in [6, 6.07) is 1.90. The summed E-state index contributed by atoms with van der Waals surface area (Å²) in [7, 11) is 1.29. The SMILES string of the molecule is COC(=O)C(C)(C)NC(=O)/C=C/c1ccsc1. The van der Waals surface area contributed by atoms with Crippen LogP contribution in [-0.4, -0.2) is 24.5 Å². The minimum absolute atomic E-state index is 0.327. The van der Waals surface area contributed by atoms with Crippen LogP contribution in [0.2, 0.25) is 0 Å². The maximum Gasteiger partial charge on any atom is 0.330 e. The van der Waals surface area contributed by atoms with Gasteiger partial charge in [-0.15, -0.1) is 0 Å². The minimum Gasteiger partial charge on any atom is -0.467 e. The molecule has 0 aliphatic carbocycles. The van der Waals surface area contributed by atoms with Crippen molar-refractivity contribution in [2.45, 2.75) is 19.4 Å². The number of hydrogen-bond acceptors (Lipinski definition) is 4. The normalized spacial score (nSPS) is 11.5. The molecule has 1 heterocycles. The van der Waals surface area contributed by atoms with Gasteiger partial charge < -0.3 is 10.1 Å². The van der Waals surface area contributed by atoms with Crippen molar-refractivity contribution in [1.29, 1.82) is 0 Å². The van der Waals surface area contributed by atoms with Crippen molar-refractivity contribution < 1.29 is 14.3 Å². The van der Waals surface area contributed by atoms with Gasteiger partial charge in [0, 0.05) is 6.08 Å². The van der Waals surface area contributed by atoms with Gasteiger partial charge >= 0.3 is 5.97 Å². The lowest BCUT2D eigenvalue weighted by Crippen LogP contribution is -2.49. The lowest BCUT2D eigenvalue weighted by atomic mass is 10.1. The van der Waals surface area contributed by atoms with Crippen LogP contribution >= 0.6 is 11.3 Å². The monoisotopic (exact) mass is 253 g/mol. The summed E-state index contributed by atoms with van der Waals surface area (Å²) in [5.74, 6) is -0.804. The zero-order valence-electron chi connectivity index (χ0n) is 10.0. The Balaban J connectivity index is 2.58. The van der Waals surface area contributed by atoms with Gasteiger partial charge in [0.1, 0.15) is 5.54 Å². The molecule has 0 aliphatic rings. The van der Waals surface area contributed by atoms with E-state index in [4.69, 9.17) is 0 Å². The van der Waals surface area contributed by atoms with Crippen LogP contribution in [0.3, 0.4) is 0 Å². The van der Waals surface area contributed by atoms with Crippen molar-refractivity contribution in [1.82, 2.24) is 5.32 Å². The fraction of sp³-hybridized carbons (Fsp3) is 0.333. The molecule has 1 rings (SSSR count). The summed E-state index contributed by atoms with van der Waals surface area (Å²) >= 11 is 1.56. The maximum absolute atomic E-state index is 11.6. The molecule has 4 nitrogen and oxygen atoms in total. The molecule has 0 spiro atoms. The van der Waals surface area contributed by atoms with E-state index >= 15 is 0 Å². The predicted molar refractivity (Wildman–Crippen MR) is 67.6 cm³/mol. The number of ether oxygens (including phenoxy) is 1. The Kier molecular flexibility index (Phi) is 4.45. The smallest absolute Gasteiger partial charge is 0.330 e. The van der Waals surface area contributed by atoms with E-state index in [0.717, 1.165) is 5.56 Å². The molecule has 0 aromatic carbocycles. The van der Waals surface area contributed by atoms with Gasteiger partial charge in [-0.1, -0.05) is 0 Å². The standard InChI is InChI=1S/C12H15NO3S/c1-12(2,11(15)16-3)13-10(14)5-4-9-6-7-17-8-9/h4-8H,1-3H3,(H,13,14)/b5-4+. The molecule has 1 amide bonds. The van der Waals surface area contributed by atoms with Gasteiger partial charge in [-0.05, 0) is 42.3 Å². The van der Waals surface area contributed by atoms with Crippen LogP contribution < -0.4 is 5.32 Å². The largest absolute Gasteiger partial charge is 0.467 e. The molecule has 1 N–H and O–H groups in total. The zero-order chi connectivity index (χ0) is 12.9. The number of nitrogens with one attached hydrogen (secondary N) is 1. The van der Waals surface area contributed by atoms with E-state index in [2.05, 4.69) is 10.1 Å². The molecule has 17 heavy (non-hydrogen) atoms. The summed E-state index contributed by atoms with van der Waals surface area (Å²) in [5, 5.41) is 6.42. The maximum atomic E-state index is 11.6. The van der Waals surface area contributed by atoms with Crippen molar-refractivity contribution in [3.63, 3.8) is 0 Å². The fourth-order valence-corrected chi connectivity index (χ4v) is 1.83. The lowest BCUT2D eigenvalue weighted by molar-refractivity contribution is -0.148. The van der Waals surface area contributed by atoms with Gasteiger partial charge in [-0.25, -0.2) is 4.79 Å². The topological polar surface area (TPSA) is 55.4 Å². The molecule has 0 saturated heterocycles. The van der Waals surface area contributed by atoms with E-state index in [1.165, 1.54) is 13.2 Å². The molecule has 0 fully saturated rings. The highest BCUT2D eigenvalue weighted by Crippen LogP contribution is 2.08. The molecule has 0 bridgehead atoms. The molecule has 0 atom stereocenters. The van der Waals surface area contributed by atoms with Crippen LogP contribution in [0.5, 0.6) is 0 Å². The van der Waals surface area contributed by atoms with Crippen molar-refractivity contribution in [2.24, 2.45) is 0 Å². The van der Waals surface area contributed by atoms with E-state index in [1.54, 1.807) is 31.3 Å². The highest BCUT2D eigenvalue weighted by molar-refractivity contribution is 7.08. The molecule has 1 aromatic heterocycles. The molecule has 1 aromatic rings. The number of rotatable bonds is 4. The summed E-state index contributed by atoms with van der Waals surface area (Å²) in [6.07, 6.45) is 3.09. The second-order valence-corrected chi connectivity index (χ2v) is 4.78. The average molecular weight is 253 g/mol. The van der Waals surface area contributed by atoms with Crippen molar-refractivity contribution in [2.75, 3.05) is 7.11 Å². The Bertz CT molecular complexity index is 421. The average Bonchev–Trinajstić information content (AvgIpc) is 2.77. The van der Waals surface area contributed by atoms with Gasteiger partial charge in [0.25, 0.3) is 0 Å². The molecule has 92 valence electrons. The number of amides is 1. The summed E-state index contributed by atoms with van der Waals surface area (Å²) in [5.41, 5.74) is -0.0637. The van der Waals surface area contributed by atoms with E-state index < -0.39 is 11.5 Å². The van der Waals surface area contributed by atoms with Crippen molar-refractivity contribution in [3.8, 4) is 0 Å². The van der Waals surface area contributed by atoms with Crippen LogP contribution in [0.15, 0.2) is 22.9 Å². The van der Waals surface area contributed by atoms with E-state index in [1.807, 2.05) is 16.8 Å². The zero-order valence-corrected chi connectivity index (χ0v) is 10.8. The Morgan fingerprint density at radius 3 is 2.71 bits per heavy atom. The third kappa shape index (κ3) is 4.03. The molecular weight excluding hydrogens is 238 g/mol. The van der Waals surface area contributed by atoms with Crippen LogP contribution in [0.25, 0.3) is 6.08 Å². The molecular formula is C12H15NO3S. The number of hydrogen-bond donors (Lipinski definition) is 1. The summed E-state index contributed by atoms with van der Waals surface area (Å²) < 4.78 is 4.59. The first-order valence-electron chi connectivity index (χ1n) is 5.06. The van der Waals surface area contributed by atoms with Crippen molar-refractivity contribution >= 4 is 29.3 Å². The third-order valence-corrected chi connectivity index (χ3v) is 2.80. The highest BCUT2D eigenvalue weighted by Gasteiger charge is 2.29. The van der Waals surface area contributed by atoms with Gasteiger partial charge in [0.05, 0.1) is 7.11 Å². The van der Waals surface area contributed by atoms with Crippen LogP contribution in [-0.2, 0) is 14.3 Å². The Labute approximate surface area is 104 Å². The van der Waals surface area contributed by atoms with E-state index in [9.17, 15) is 9.59 Å². The number of thiophene rings is 1. The number of carbonyl (C=O) groups excluding carboxylic acids is 2. The number of methoxy groups -OCH3 is 1. The Morgan fingerprint density at radius 2 is 2.18 bits per heavy atom. The fourth-order valence-electron chi connectivity index (χ4n) is 1.20. The first-order valence-corrected chi connectivity index (χ1v) is 6.01. The molecule has 5 heteroatoms. The van der Waals surface area contributed by atoms with Crippen LogP contribution in [0.4, 0.5) is 0 Å². The van der Waals surface area contributed by atoms with Gasteiger partial charge in [0.2, 0.25) is 5.91 Å². The second-order valence-electron chi connectivity index (χ2n) is 4.00. The minimum atomic E-state index is -1.02. The van der Waals surface area contributed by atoms with Crippen LogP contribution in [0, 0.1) is 0 Å². The van der Waals surface area contributed by atoms with Crippen LogP contribution in [0.1, 0.15) is 19.4 Å². The van der Waals surface area contributed by atoms with E-state index in [0.29, 0.717) is 0 Å². The molecule has 0 aliphatic heterocycles. The quantitative estimate of drug-likeness (QED) is 0.658. The lowest BCUT2D eigenvalue weighted by Gasteiger charge is -2.21. The van der Waals surface area contributed by atoms with E-state index in [-0.39, 0.29) is 5.91 Å². The molecule has 0 radical (unpaired) electrons. The first kappa shape index (κ1) is 13.4. The number of esters is 1. The van der Waals surface area contributed by atoms with Gasteiger partial charge in [0.15, 0.2) is 0 Å². The molecule has 0 saturated carbocycles.